The minimum atomic E-state index is -0.246. The molecule has 0 radical (unpaired) electrons. The fraction of sp³-hybridized carbons (Fsp3) is 0.353. The maximum Gasteiger partial charge on any atom is 0.337 e. The molecular weight excluding hydrogens is 250 g/mol. The fourth-order valence-corrected chi connectivity index (χ4v) is 3.50. The van der Waals surface area contributed by atoms with Crippen molar-refractivity contribution in [1.82, 2.24) is 4.98 Å². The number of hydrogen-bond acceptors (Lipinski definition) is 2. The summed E-state index contributed by atoms with van der Waals surface area (Å²) >= 11 is 0. The highest BCUT2D eigenvalue weighted by atomic mass is 16.4. The van der Waals surface area contributed by atoms with Gasteiger partial charge in [0.05, 0.1) is 5.52 Å². The van der Waals surface area contributed by atoms with Gasteiger partial charge in [-0.15, -0.1) is 0 Å². The van der Waals surface area contributed by atoms with E-state index in [1.165, 1.54) is 19.3 Å². The Kier molecular flexibility index (Phi) is 2.66. The number of aromatic amines is 1. The Morgan fingerprint density at radius 2 is 1.85 bits per heavy atom. The van der Waals surface area contributed by atoms with Gasteiger partial charge < -0.3 is 9.40 Å². The molecule has 1 aliphatic rings. The molecule has 2 aromatic heterocycles. The van der Waals surface area contributed by atoms with Gasteiger partial charge in [-0.25, -0.2) is 4.79 Å². The summed E-state index contributed by atoms with van der Waals surface area (Å²) in [5.74, 6) is 1.28. The molecule has 0 atom stereocenters. The number of rotatable bonds is 1. The summed E-state index contributed by atoms with van der Waals surface area (Å²) in [6.45, 7) is 0. The molecule has 1 N–H and O–H groups in total. The maximum atomic E-state index is 11.8. The molecule has 4 rings (SSSR count). The van der Waals surface area contributed by atoms with Gasteiger partial charge >= 0.3 is 5.63 Å². The van der Waals surface area contributed by atoms with Crippen molar-refractivity contribution in [3.05, 3.63) is 46.5 Å². The van der Waals surface area contributed by atoms with Crippen molar-refractivity contribution in [2.24, 2.45) is 0 Å². The van der Waals surface area contributed by atoms with Gasteiger partial charge in [-0.3, -0.25) is 0 Å². The lowest BCUT2D eigenvalue weighted by Crippen LogP contribution is -2.08. The van der Waals surface area contributed by atoms with E-state index in [0.29, 0.717) is 5.92 Å². The number of H-pyrrole nitrogens is 1. The molecule has 1 fully saturated rings. The van der Waals surface area contributed by atoms with Crippen LogP contribution in [0.4, 0.5) is 0 Å². The van der Waals surface area contributed by atoms with Gasteiger partial charge in [-0.05, 0) is 18.9 Å². The van der Waals surface area contributed by atoms with Crippen molar-refractivity contribution in [2.75, 3.05) is 0 Å². The minimum Gasteiger partial charge on any atom is -0.427 e. The molecule has 0 unspecified atom stereocenters. The fourth-order valence-electron chi connectivity index (χ4n) is 3.50. The number of hydrogen-bond donors (Lipinski definition) is 1. The van der Waals surface area contributed by atoms with Crippen LogP contribution < -0.4 is 5.63 Å². The first kappa shape index (κ1) is 11.8. The molecular formula is C17H17NO2. The van der Waals surface area contributed by atoms with Crippen molar-refractivity contribution >= 4 is 21.8 Å². The van der Waals surface area contributed by atoms with E-state index in [0.717, 1.165) is 40.4 Å². The molecule has 1 saturated carbocycles. The van der Waals surface area contributed by atoms with Crippen LogP contribution in [0, 0.1) is 0 Å². The molecule has 3 aromatic rings. The van der Waals surface area contributed by atoms with Crippen LogP contribution in [0.2, 0.25) is 0 Å². The summed E-state index contributed by atoms with van der Waals surface area (Å²) < 4.78 is 5.62. The quantitative estimate of drug-likeness (QED) is 0.713. The molecule has 3 nitrogen and oxygen atoms in total. The molecule has 3 heteroatoms. The Bertz CT molecular complexity index is 822. The number of benzene rings is 1. The summed E-state index contributed by atoms with van der Waals surface area (Å²) in [6.07, 6.45) is 6.01. The molecule has 20 heavy (non-hydrogen) atoms. The molecule has 0 spiro atoms. The first-order chi connectivity index (χ1) is 9.83. The standard InChI is InChI=1S/C17H17NO2/c19-15-10-14-16(12-8-4-5-9-13(12)18-14)17(20-15)11-6-2-1-3-7-11/h4-5,8-11,18H,1-3,6-7H2. The van der Waals surface area contributed by atoms with E-state index in [1.54, 1.807) is 6.07 Å². The molecule has 1 aliphatic carbocycles. The van der Waals surface area contributed by atoms with Gasteiger partial charge in [-0.1, -0.05) is 37.5 Å². The number of nitrogens with one attached hydrogen (secondary N) is 1. The third-order valence-corrected chi connectivity index (χ3v) is 4.43. The van der Waals surface area contributed by atoms with Crippen molar-refractivity contribution in [3.63, 3.8) is 0 Å². The third-order valence-electron chi connectivity index (χ3n) is 4.43. The zero-order chi connectivity index (χ0) is 13.5. The van der Waals surface area contributed by atoms with Crippen molar-refractivity contribution in [2.45, 2.75) is 38.0 Å². The van der Waals surface area contributed by atoms with Crippen molar-refractivity contribution in [1.29, 1.82) is 0 Å². The van der Waals surface area contributed by atoms with E-state index in [1.807, 2.05) is 18.2 Å². The molecule has 102 valence electrons. The lowest BCUT2D eigenvalue weighted by Gasteiger charge is -2.20. The van der Waals surface area contributed by atoms with E-state index < -0.39 is 0 Å². The topological polar surface area (TPSA) is 46.0 Å². The Morgan fingerprint density at radius 3 is 2.70 bits per heavy atom. The Hall–Kier alpha value is -2.03. The first-order valence-corrected chi connectivity index (χ1v) is 7.37. The Morgan fingerprint density at radius 1 is 1.05 bits per heavy atom. The highest BCUT2D eigenvalue weighted by Gasteiger charge is 2.22. The Balaban J connectivity index is 2.04. The average Bonchev–Trinajstić information content (AvgIpc) is 2.85. The van der Waals surface area contributed by atoms with Crippen LogP contribution in [0.15, 0.2) is 39.5 Å². The van der Waals surface area contributed by atoms with Gasteiger partial charge in [-0.2, -0.15) is 0 Å². The maximum absolute atomic E-state index is 11.8. The Labute approximate surface area is 116 Å². The van der Waals surface area contributed by atoms with Crippen LogP contribution in [-0.4, -0.2) is 4.98 Å². The van der Waals surface area contributed by atoms with Crippen LogP contribution in [0.1, 0.15) is 43.8 Å². The molecule has 0 saturated heterocycles. The van der Waals surface area contributed by atoms with E-state index in [9.17, 15) is 4.79 Å². The summed E-state index contributed by atoms with van der Waals surface area (Å²) in [7, 11) is 0. The van der Waals surface area contributed by atoms with Crippen LogP contribution in [0.3, 0.4) is 0 Å². The largest absolute Gasteiger partial charge is 0.427 e. The predicted molar refractivity (Wildman–Crippen MR) is 80.2 cm³/mol. The molecule has 2 heterocycles. The highest BCUT2D eigenvalue weighted by molar-refractivity contribution is 6.08. The van der Waals surface area contributed by atoms with Crippen molar-refractivity contribution < 1.29 is 4.42 Å². The smallest absolute Gasteiger partial charge is 0.337 e. The van der Waals surface area contributed by atoms with Gasteiger partial charge in [0.25, 0.3) is 0 Å². The van der Waals surface area contributed by atoms with E-state index in [4.69, 9.17) is 4.42 Å². The number of aromatic nitrogens is 1. The van der Waals surface area contributed by atoms with Crippen LogP contribution in [0.25, 0.3) is 21.8 Å². The second-order valence-electron chi connectivity index (χ2n) is 5.72. The predicted octanol–water partition coefficient (Wildman–Crippen LogP) is 4.32. The molecule has 1 aromatic carbocycles. The molecule has 0 bridgehead atoms. The van der Waals surface area contributed by atoms with E-state index in [2.05, 4.69) is 11.1 Å². The second kappa shape index (κ2) is 4.51. The molecule has 0 aliphatic heterocycles. The zero-order valence-electron chi connectivity index (χ0n) is 11.3. The average molecular weight is 267 g/mol. The highest BCUT2D eigenvalue weighted by Crippen LogP contribution is 2.38. The summed E-state index contributed by atoms with van der Waals surface area (Å²) in [6, 6.07) is 9.76. The summed E-state index contributed by atoms with van der Waals surface area (Å²) in [5.41, 5.74) is 1.73. The normalized spacial score (nSPS) is 17.0. The lowest BCUT2D eigenvalue weighted by atomic mass is 9.86. The van der Waals surface area contributed by atoms with E-state index >= 15 is 0 Å². The monoisotopic (exact) mass is 267 g/mol. The first-order valence-electron chi connectivity index (χ1n) is 7.37. The number of para-hydroxylation sites is 1. The van der Waals surface area contributed by atoms with Gasteiger partial charge in [0, 0.05) is 28.3 Å². The van der Waals surface area contributed by atoms with Gasteiger partial charge in [0.2, 0.25) is 0 Å². The van der Waals surface area contributed by atoms with Gasteiger partial charge in [0.1, 0.15) is 5.76 Å². The summed E-state index contributed by atoms with van der Waals surface area (Å²) in [4.78, 5) is 15.2. The molecule has 0 amide bonds. The lowest BCUT2D eigenvalue weighted by molar-refractivity contribution is 0.361. The zero-order valence-corrected chi connectivity index (χ0v) is 11.3. The summed E-state index contributed by atoms with van der Waals surface area (Å²) in [5, 5.41) is 2.26. The van der Waals surface area contributed by atoms with E-state index in [-0.39, 0.29) is 5.63 Å². The van der Waals surface area contributed by atoms with Crippen LogP contribution >= 0.6 is 0 Å². The third kappa shape index (κ3) is 1.77. The van der Waals surface area contributed by atoms with Gasteiger partial charge in [0.15, 0.2) is 0 Å². The van der Waals surface area contributed by atoms with Crippen LogP contribution in [0.5, 0.6) is 0 Å². The van der Waals surface area contributed by atoms with Crippen molar-refractivity contribution in [3.8, 4) is 0 Å². The minimum absolute atomic E-state index is 0.246. The van der Waals surface area contributed by atoms with Crippen LogP contribution in [-0.2, 0) is 0 Å². The second-order valence-corrected chi connectivity index (χ2v) is 5.72. The number of fused-ring (bicyclic) bond motifs is 3. The SMILES string of the molecule is O=c1cc2[nH]c3ccccc3c2c(C2CCCCC2)o1.